The van der Waals surface area contributed by atoms with Gasteiger partial charge in [-0.05, 0) is 55.8 Å². The smallest absolute Gasteiger partial charge is 0.230 e. The van der Waals surface area contributed by atoms with Crippen molar-refractivity contribution < 1.29 is 9.53 Å². The largest absolute Gasteiger partial charge is 0.494 e. The molecule has 0 aliphatic carbocycles. The van der Waals surface area contributed by atoms with E-state index in [1.54, 1.807) is 12.4 Å². The Morgan fingerprint density at radius 3 is 2.55 bits per heavy atom. The molecule has 7 nitrogen and oxygen atoms in total. The summed E-state index contributed by atoms with van der Waals surface area (Å²) in [5.41, 5.74) is 2.78. The molecule has 4 aromatic rings. The van der Waals surface area contributed by atoms with Crippen LogP contribution in [0.1, 0.15) is 25.5 Å². The van der Waals surface area contributed by atoms with Gasteiger partial charge in [-0.25, -0.2) is 0 Å². The zero-order valence-electron chi connectivity index (χ0n) is 18.5. The summed E-state index contributed by atoms with van der Waals surface area (Å²) in [6.07, 6.45) is 3.47. The lowest BCUT2D eigenvalue weighted by Crippen LogP contribution is -2.28. The molecule has 0 unspecified atom stereocenters. The zero-order valence-corrected chi connectivity index (χ0v) is 19.3. The maximum absolute atomic E-state index is 12.6. The number of hydrogen-bond donors (Lipinski definition) is 1. The van der Waals surface area contributed by atoms with Crippen LogP contribution in [0.2, 0.25) is 0 Å². The number of carbonyl (C=O) groups is 1. The highest BCUT2D eigenvalue weighted by molar-refractivity contribution is 7.99. The van der Waals surface area contributed by atoms with E-state index in [-0.39, 0.29) is 17.7 Å². The molecular weight excluding hydrogens is 434 g/mol. The lowest BCUT2D eigenvalue weighted by molar-refractivity contribution is -0.119. The van der Waals surface area contributed by atoms with E-state index in [1.165, 1.54) is 11.8 Å². The maximum Gasteiger partial charge on any atom is 0.230 e. The van der Waals surface area contributed by atoms with Gasteiger partial charge in [-0.2, -0.15) is 0 Å². The summed E-state index contributed by atoms with van der Waals surface area (Å²) >= 11 is 1.34. The minimum atomic E-state index is -0.0748. The molecule has 0 spiro atoms. The molecule has 0 saturated carbocycles. The van der Waals surface area contributed by atoms with E-state index in [0.717, 1.165) is 22.6 Å². The third-order valence-corrected chi connectivity index (χ3v) is 5.90. The third kappa shape index (κ3) is 5.59. The van der Waals surface area contributed by atoms with E-state index in [4.69, 9.17) is 4.74 Å². The fraction of sp³-hybridized carbons (Fsp3) is 0.200. The Labute approximate surface area is 197 Å². The molecule has 1 N–H and O–H groups in total. The van der Waals surface area contributed by atoms with Crippen LogP contribution >= 0.6 is 11.8 Å². The number of aromatic nitrogens is 4. The number of carbonyl (C=O) groups excluding carboxylic acids is 1. The highest BCUT2D eigenvalue weighted by Gasteiger charge is 2.18. The van der Waals surface area contributed by atoms with Crippen molar-refractivity contribution in [1.82, 2.24) is 25.1 Å². The molecule has 8 heteroatoms. The van der Waals surface area contributed by atoms with Crippen LogP contribution in [0.25, 0.3) is 17.1 Å². The van der Waals surface area contributed by atoms with Crippen molar-refractivity contribution in [2.24, 2.45) is 0 Å². The van der Waals surface area contributed by atoms with Crippen LogP contribution in [0.3, 0.4) is 0 Å². The summed E-state index contributed by atoms with van der Waals surface area (Å²) in [5, 5.41) is 12.4. The van der Waals surface area contributed by atoms with Gasteiger partial charge >= 0.3 is 0 Å². The maximum atomic E-state index is 12.6. The molecule has 2 aromatic heterocycles. The quantitative estimate of drug-likeness (QED) is 0.366. The second-order valence-corrected chi connectivity index (χ2v) is 8.24. The van der Waals surface area contributed by atoms with Gasteiger partial charge in [-0.3, -0.25) is 14.3 Å². The molecule has 33 heavy (non-hydrogen) atoms. The topological polar surface area (TPSA) is 81.9 Å². The van der Waals surface area contributed by atoms with Gasteiger partial charge in [0, 0.05) is 23.6 Å². The highest BCUT2D eigenvalue weighted by atomic mass is 32.2. The number of benzene rings is 2. The number of rotatable bonds is 9. The van der Waals surface area contributed by atoms with Gasteiger partial charge in [-0.1, -0.05) is 42.1 Å². The number of pyridine rings is 1. The normalized spacial score (nSPS) is 11.7. The first kappa shape index (κ1) is 22.5. The predicted molar refractivity (Wildman–Crippen MR) is 129 cm³/mol. The van der Waals surface area contributed by atoms with Crippen molar-refractivity contribution in [3.05, 3.63) is 84.7 Å². The molecule has 0 aliphatic rings. The van der Waals surface area contributed by atoms with Gasteiger partial charge in [0.15, 0.2) is 11.0 Å². The summed E-state index contributed by atoms with van der Waals surface area (Å²) in [6, 6.07) is 21.3. The van der Waals surface area contributed by atoms with E-state index >= 15 is 0 Å². The van der Waals surface area contributed by atoms with E-state index < -0.39 is 0 Å². The molecular formula is C25H25N5O2S. The van der Waals surface area contributed by atoms with Crippen LogP contribution in [0.5, 0.6) is 5.75 Å². The van der Waals surface area contributed by atoms with Crippen molar-refractivity contribution in [1.29, 1.82) is 0 Å². The van der Waals surface area contributed by atoms with Gasteiger partial charge in [0.2, 0.25) is 5.91 Å². The molecule has 1 atom stereocenters. The number of nitrogens with one attached hydrogen (secondary N) is 1. The third-order valence-electron chi connectivity index (χ3n) is 4.97. The Kier molecular flexibility index (Phi) is 7.36. The van der Waals surface area contributed by atoms with Gasteiger partial charge in [0.05, 0.1) is 18.4 Å². The first-order valence-corrected chi connectivity index (χ1v) is 11.7. The van der Waals surface area contributed by atoms with Crippen LogP contribution in [0, 0.1) is 0 Å². The monoisotopic (exact) mass is 459 g/mol. The van der Waals surface area contributed by atoms with E-state index in [2.05, 4.69) is 20.5 Å². The molecule has 1 amide bonds. The fourth-order valence-corrected chi connectivity index (χ4v) is 4.14. The Morgan fingerprint density at radius 2 is 1.85 bits per heavy atom. The molecule has 0 radical (unpaired) electrons. The molecule has 2 heterocycles. The molecule has 0 aliphatic heterocycles. The Hall–Kier alpha value is -3.65. The first-order valence-electron chi connectivity index (χ1n) is 10.7. The molecule has 0 bridgehead atoms. The predicted octanol–water partition coefficient (Wildman–Crippen LogP) is 4.70. The Balaban J connectivity index is 1.55. The first-order chi connectivity index (χ1) is 16.2. The van der Waals surface area contributed by atoms with Crippen LogP contribution in [-0.4, -0.2) is 38.0 Å². The molecule has 0 saturated heterocycles. The van der Waals surface area contributed by atoms with Crippen molar-refractivity contribution in [3.63, 3.8) is 0 Å². The summed E-state index contributed by atoms with van der Waals surface area (Å²) in [7, 11) is 0. The van der Waals surface area contributed by atoms with Crippen molar-refractivity contribution in [2.45, 2.75) is 25.0 Å². The number of hydrogen-bond acceptors (Lipinski definition) is 6. The Bertz CT molecular complexity index is 1180. The van der Waals surface area contributed by atoms with Gasteiger partial charge < -0.3 is 10.1 Å². The number of ether oxygens (including phenoxy) is 1. The van der Waals surface area contributed by atoms with E-state index in [1.807, 2.05) is 85.1 Å². The van der Waals surface area contributed by atoms with Crippen LogP contribution in [-0.2, 0) is 4.79 Å². The second kappa shape index (κ2) is 10.8. The van der Waals surface area contributed by atoms with E-state index in [0.29, 0.717) is 17.6 Å². The minimum absolute atomic E-state index is 0.0690. The SMILES string of the molecule is CCOc1ccc(-n2c(SCC(=O)N[C@H](C)c3ccccc3)nnc2-c2cccnc2)cc1. The van der Waals surface area contributed by atoms with Crippen LogP contribution < -0.4 is 10.1 Å². The molecule has 168 valence electrons. The molecule has 2 aromatic carbocycles. The number of thioether (sulfide) groups is 1. The highest BCUT2D eigenvalue weighted by Crippen LogP contribution is 2.28. The number of nitrogens with zero attached hydrogens (tertiary/aromatic N) is 4. The lowest BCUT2D eigenvalue weighted by atomic mass is 10.1. The van der Waals surface area contributed by atoms with Gasteiger partial charge in [0.1, 0.15) is 5.75 Å². The summed E-state index contributed by atoms with van der Waals surface area (Å²) in [6.45, 7) is 4.53. The summed E-state index contributed by atoms with van der Waals surface area (Å²) < 4.78 is 7.50. The minimum Gasteiger partial charge on any atom is -0.494 e. The zero-order chi connectivity index (χ0) is 23.0. The van der Waals surface area contributed by atoms with Crippen LogP contribution in [0.4, 0.5) is 0 Å². The van der Waals surface area contributed by atoms with Crippen LogP contribution in [0.15, 0.2) is 84.3 Å². The average molecular weight is 460 g/mol. The molecule has 4 rings (SSSR count). The lowest BCUT2D eigenvalue weighted by Gasteiger charge is -2.14. The van der Waals surface area contributed by atoms with Crippen molar-refractivity contribution in [2.75, 3.05) is 12.4 Å². The van der Waals surface area contributed by atoms with Crippen molar-refractivity contribution >= 4 is 17.7 Å². The molecule has 0 fully saturated rings. The average Bonchev–Trinajstić information content (AvgIpc) is 3.28. The Morgan fingerprint density at radius 1 is 1.06 bits per heavy atom. The second-order valence-electron chi connectivity index (χ2n) is 7.30. The summed E-state index contributed by atoms with van der Waals surface area (Å²) in [4.78, 5) is 16.8. The summed E-state index contributed by atoms with van der Waals surface area (Å²) in [5.74, 6) is 1.61. The van der Waals surface area contributed by atoms with Gasteiger partial charge in [-0.15, -0.1) is 10.2 Å². The standard InChI is InChI=1S/C25H25N5O2S/c1-3-32-22-13-11-21(12-14-22)30-24(20-10-7-15-26-16-20)28-29-25(30)33-17-23(31)27-18(2)19-8-5-4-6-9-19/h4-16,18H,3,17H2,1-2H3,(H,27,31)/t18-/m1/s1. The van der Waals surface area contributed by atoms with E-state index in [9.17, 15) is 4.79 Å². The van der Waals surface area contributed by atoms with Gasteiger partial charge in [0.25, 0.3) is 0 Å². The number of amides is 1. The fourth-order valence-electron chi connectivity index (χ4n) is 3.37. The van der Waals surface area contributed by atoms with Crippen molar-refractivity contribution in [3.8, 4) is 22.8 Å².